The molecule has 2 unspecified atom stereocenters. The highest BCUT2D eigenvalue weighted by Gasteiger charge is 2.49. The molecule has 0 spiro atoms. The molecule has 0 aromatic carbocycles. The van der Waals surface area contributed by atoms with E-state index in [9.17, 15) is 9.59 Å². The van der Waals surface area contributed by atoms with Gasteiger partial charge in [0.05, 0.1) is 0 Å². The van der Waals surface area contributed by atoms with E-state index < -0.39 is 0 Å². The van der Waals surface area contributed by atoms with Crippen molar-refractivity contribution in [2.45, 2.75) is 25.7 Å². The largest absolute Gasteiger partial charge is 0.291 e. The van der Waals surface area contributed by atoms with Crippen LogP contribution in [-0.2, 0) is 9.59 Å². The maximum atomic E-state index is 10.8. The van der Waals surface area contributed by atoms with Crippen LogP contribution in [0.4, 0.5) is 0 Å². The third kappa shape index (κ3) is 0.591. The van der Waals surface area contributed by atoms with Crippen LogP contribution in [-0.4, -0.2) is 11.6 Å². The molecule has 0 N–H and O–H groups in total. The van der Waals surface area contributed by atoms with Crippen molar-refractivity contribution in [2.24, 2.45) is 11.8 Å². The van der Waals surface area contributed by atoms with Gasteiger partial charge in [0, 0.05) is 11.8 Å². The number of carbonyl (C=O) groups excluding carboxylic acids is 2. The van der Waals surface area contributed by atoms with Crippen molar-refractivity contribution in [3.8, 4) is 0 Å². The molecule has 54 valence electrons. The number of rotatable bonds is 0. The fraction of sp³-hybridized carbons (Fsp3) is 0.750. The lowest BCUT2D eigenvalue weighted by Gasteiger charge is -2.36. The highest BCUT2D eigenvalue weighted by atomic mass is 16.2. The molecule has 0 saturated heterocycles. The van der Waals surface area contributed by atoms with Crippen LogP contribution in [0.3, 0.4) is 0 Å². The topological polar surface area (TPSA) is 34.1 Å². The maximum absolute atomic E-state index is 10.8. The first-order valence-corrected chi connectivity index (χ1v) is 3.89. The summed E-state index contributed by atoms with van der Waals surface area (Å²) in [6.07, 6.45) is 4.21. The molecule has 0 radical (unpaired) electrons. The summed E-state index contributed by atoms with van der Waals surface area (Å²) in [7, 11) is 0. The van der Waals surface area contributed by atoms with E-state index in [0.717, 1.165) is 25.7 Å². The van der Waals surface area contributed by atoms with Gasteiger partial charge in [0.15, 0.2) is 0 Å². The minimum absolute atomic E-state index is 0.0929. The fourth-order valence-electron chi connectivity index (χ4n) is 2.03. The van der Waals surface area contributed by atoms with E-state index in [-0.39, 0.29) is 23.4 Å². The first-order chi connectivity index (χ1) is 4.80. The van der Waals surface area contributed by atoms with E-state index in [0.29, 0.717) is 0 Å². The van der Waals surface area contributed by atoms with Crippen LogP contribution < -0.4 is 0 Å². The second-order valence-corrected chi connectivity index (χ2v) is 3.23. The highest BCUT2D eigenvalue weighted by Crippen LogP contribution is 2.39. The molecule has 0 aromatic rings. The number of hydrogen-bond acceptors (Lipinski definition) is 2. The Morgan fingerprint density at radius 3 is 1.70 bits per heavy atom. The molecule has 0 aliphatic heterocycles. The van der Waals surface area contributed by atoms with Gasteiger partial charge in [-0.3, -0.25) is 9.59 Å². The molecule has 2 aliphatic rings. The standard InChI is InChI=1S/C8H10O2/c9-7-5-3-1-2-4-6(5)8(7)10/h5-6H,1-4H2. The van der Waals surface area contributed by atoms with Crippen LogP contribution in [0.25, 0.3) is 0 Å². The normalized spacial score (nSPS) is 38.8. The maximum Gasteiger partial charge on any atom is 0.202 e. The molecule has 2 fully saturated rings. The molecule has 2 nitrogen and oxygen atoms in total. The zero-order valence-electron chi connectivity index (χ0n) is 5.80. The monoisotopic (exact) mass is 138 g/mol. The van der Waals surface area contributed by atoms with Crippen LogP contribution in [0.15, 0.2) is 0 Å². The summed E-state index contributed by atoms with van der Waals surface area (Å²) in [5.41, 5.74) is 0. The van der Waals surface area contributed by atoms with Crippen molar-refractivity contribution in [2.75, 3.05) is 0 Å². The van der Waals surface area contributed by atoms with Crippen molar-refractivity contribution in [1.29, 1.82) is 0 Å². The second kappa shape index (κ2) is 1.91. The van der Waals surface area contributed by atoms with Crippen molar-refractivity contribution >= 4 is 11.6 Å². The van der Waals surface area contributed by atoms with Gasteiger partial charge in [-0.25, -0.2) is 0 Å². The summed E-state index contributed by atoms with van der Waals surface area (Å²) < 4.78 is 0. The molecule has 2 atom stereocenters. The van der Waals surface area contributed by atoms with Crippen LogP contribution in [0, 0.1) is 11.8 Å². The summed E-state index contributed by atoms with van der Waals surface area (Å²) in [5.74, 6) is 0.0944. The molecule has 10 heavy (non-hydrogen) atoms. The predicted octanol–water partition coefficient (Wildman–Crippen LogP) is 0.945. The van der Waals surface area contributed by atoms with Gasteiger partial charge in [0.1, 0.15) is 0 Å². The van der Waals surface area contributed by atoms with Gasteiger partial charge in [-0.05, 0) is 12.8 Å². The minimum Gasteiger partial charge on any atom is -0.291 e. The predicted molar refractivity (Wildman–Crippen MR) is 35.5 cm³/mol. The van der Waals surface area contributed by atoms with E-state index in [1.807, 2.05) is 0 Å². The van der Waals surface area contributed by atoms with Crippen molar-refractivity contribution < 1.29 is 9.59 Å². The Morgan fingerprint density at radius 2 is 1.30 bits per heavy atom. The molecule has 2 heteroatoms. The smallest absolute Gasteiger partial charge is 0.202 e. The average molecular weight is 138 g/mol. The fourth-order valence-corrected chi connectivity index (χ4v) is 2.03. The zero-order valence-corrected chi connectivity index (χ0v) is 5.80. The molecular formula is C8H10O2. The number of carbonyl (C=O) groups is 2. The summed E-state index contributed by atoms with van der Waals surface area (Å²) in [4.78, 5) is 21.7. The highest BCUT2D eigenvalue weighted by molar-refractivity contribution is 6.45. The zero-order chi connectivity index (χ0) is 7.14. The molecule has 0 bridgehead atoms. The summed E-state index contributed by atoms with van der Waals surface area (Å²) in [6.45, 7) is 0. The van der Waals surface area contributed by atoms with Gasteiger partial charge in [0.2, 0.25) is 11.6 Å². The Morgan fingerprint density at radius 1 is 0.900 bits per heavy atom. The molecule has 2 saturated carbocycles. The molecular weight excluding hydrogens is 128 g/mol. The Kier molecular flexibility index (Phi) is 1.16. The van der Waals surface area contributed by atoms with Gasteiger partial charge in [-0.1, -0.05) is 12.8 Å². The van der Waals surface area contributed by atoms with E-state index in [1.165, 1.54) is 0 Å². The molecule has 0 aromatic heterocycles. The van der Waals surface area contributed by atoms with Crippen LogP contribution in [0.5, 0.6) is 0 Å². The van der Waals surface area contributed by atoms with E-state index in [2.05, 4.69) is 0 Å². The van der Waals surface area contributed by atoms with Gasteiger partial charge in [-0.15, -0.1) is 0 Å². The van der Waals surface area contributed by atoms with Gasteiger partial charge >= 0.3 is 0 Å². The lowest BCUT2D eigenvalue weighted by molar-refractivity contribution is -0.154. The van der Waals surface area contributed by atoms with Gasteiger partial charge in [0.25, 0.3) is 0 Å². The van der Waals surface area contributed by atoms with Crippen LogP contribution in [0.1, 0.15) is 25.7 Å². The van der Waals surface area contributed by atoms with Crippen molar-refractivity contribution in [3.05, 3.63) is 0 Å². The third-order valence-corrected chi connectivity index (χ3v) is 2.68. The quantitative estimate of drug-likeness (QED) is 0.467. The Hall–Kier alpha value is -0.660. The lowest BCUT2D eigenvalue weighted by atomic mass is 9.64. The molecule has 0 heterocycles. The number of hydrogen-bond donors (Lipinski definition) is 0. The SMILES string of the molecule is O=C1C(=O)C2CCCCC12. The first kappa shape index (κ1) is 6.08. The molecule has 2 rings (SSSR count). The molecule has 0 amide bonds. The summed E-state index contributed by atoms with van der Waals surface area (Å²) >= 11 is 0. The van der Waals surface area contributed by atoms with Crippen LogP contribution in [0.2, 0.25) is 0 Å². The average Bonchev–Trinajstić information content (AvgIpc) is 2.03. The Bertz CT molecular complexity index is 173. The van der Waals surface area contributed by atoms with Crippen molar-refractivity contribution in [1.82, 2.24) is 0 Å². The molecule has 2 aliphatic carbocycles. The second-order valence-electron chi connectivity index (χ2n) is 3.23. The van der Waals surface area contributed by atoms with Gasteiger partial charge < -0.3 is 0 Å². The third-order valence-electron chi connectivity index (χ3n) is 2.68. The summed E-state index contributed by atoms with van der Waals surface area (Å²) in [5, 5.41) is 0. The number of Topliss-reactive ketones (excluding diaryl/α,β-unsaturated/α-hetero) is 2. The first-order valence-electron chi connectivity index (χ1n) is 3.89. The Balaban J connectivity index is 2.13. The van der Waals surface area contributed by atoms with Crippen LogP contribution >= 0.6 is 0 Å². The lowest BCUT2D eigenvalue weighted by Crippen LogP contribution is -2.49. The van der Waals surface area contributed by atoms with Crippen molar-refractivity contribution in [3.63, 3.8) is 0 Å². The van der Waals surface area contributed by atoms with Gasteiger partial charge in [-0.2, -0.15) is 0 Å². The van der Waals surface area contributed by atoms with E-state index >= 15 is 0 Å². The number of fused-ring (bicyclic) bond motifs is 1. The Labute approximate surface area is 59.6 Å². The number of ketones is 2. The van der Waals surface area contributed by atoms with E-state index in [4.69, 9.17) is 0 Å². The minimum atomic E-state index is -0.0929. The summed E-state index contributed by atoms with van der Waals surface area (Å²) in [6, 6.07) is 0. The van der Waals surface area contributed by atoms with E-state index in [1.54, 1.807) is 0 Å².